The number of anilines is 1. The highest BCUT2D eigenvalue weighted by molar-refractivity contribution is 6.00. The molecule has 1 aliphatic heterocycles. The standard InChI is InChI=1S/C18H20N2O4/c1-10-14(21)8-15(22)16(17(10)24-2)18(23)20-6-5-11-3-4-13(19)7-12(11)9-20/h3-4,7-8,21-22H,5-6,9,19H2,1-2H3. The van der Waals surface area contributed by atoms with E-state index in [2.05, 4.69) is 0 Å². The zero-order valence-electron chi connectivity index (χ0n) is 13.7. The Hall–Kier alpha value is -2.89. The van der Waals surface area contributed by atoms with Gasteiger partial charge in [0.25, 0.3) is 5.91 Å². The fraction of sp³-hybridized carbons (Fsp3) is 0.278. The van der Waals surface area contributed by atoms with E-state index in [1.807, 2.05) is 18.2 Å². The zero-order chi connectivity index (χ0) is 17.4. The summed E-state index contributed by atoms with van der Waals surface area (Å²) >= 11 is 0. The van der Waals surface area contributed by atoms with Crippen molar-refractivity contribution in [3.63, 3.8) is 0 Å². The molecule has 0 saturated heterocycles. The molecule has 24 heavy (non-hydrogen) atoms. The molecule has 1 heterocycles. The average molecular weight is 328 g/mol. The number of hydrogen-bond donors (Lipinski definition) is 3. The second kappa shape index (κ2) is 5.96. The number of nitrogens with two attached hydrogens (primary N) is 1. The van der Waals surface area contributed by atoms with E-state index in [9.17, 15) is 15.0 Å². The highest BCUT2D eigenvalue weighted by Crippen LogP contribution is 2.38. The van der Waals surface area contributed by atoms with Gasteiger partial charge in [-0.15, -0.1) is 0 Å². The predicted molar refractivity (Wildman–Crippen MR) is 90.4 cm³/mol. The molecule has 1 amide bonds. The molecule has 0 atom stereocenters. The molecule has 0 unspecified atom stereocenters. The Balaban J connectivity index is 1.98. The van der Waals surface area contributed by atoms with Crippen LogP contribution in [0, 0.1) is 6.92 Å². The second-order valence-electron chi connectivity index (χ2n) is 5.95. The number of ether oxygens (including phenoxy) is 1. The predicted octanol–water partition coefficient (Wildman–Crippen LogP) is 2.20. The normalized spacial score (nSPS) is 13.5. The number of benzene rings is 2. The van der Waals surface area contributed by atoms with E-state index in [0.717, 1.165) is 12.0 Å². The maximum atomic E-state index is 12.9. The third-order valence-electron chi connectivity index (χ3n) is 4.43. The molecule has 0 bridgehead atoms. The van der Waals surface area contributed by atoms with Crippen molar-refractivity contribution in [2.45, 2.75) is 19.9 Å². The van der Waals surface area contributed by atoms with Gasteiger partial charge in [0.1, 0.15) is 22.8 Å². The Morgan fingerprint density at radius 1 is 1.21 bits per heavy atom. The summed E-state index contributed by atoms with van der Waals surface area (Å²) in [4.78, 5) is 14.6. The van der Waals surface area contributed by atoms with Crippen molar-refractivity contribution < 1.29 is 19.7 Å². The summed E-state index contributed by atoms with van der Waals surface area (Å²) in [6.45, 7) is 2.59. The van der Waals surface area contributed by atoms with E-state index in [1.54, 1.807) is 11.8 Å². The summed E-state index contributed by atoms with van der Waals surface area (Å²) in [5.41, 5.74) is 9.15. The number of carbonyl (C=O) groups is 1. The van der Waals surface area contributed by atoms with Crippen LogP contribution in [0.5, 0.6) is 17.2 Å². The van der Waals surface area contributed by atoms with Gasteiger partial charge in [-0.05, 0) is 36.6 Å². The number of nitrogen functional groups attached to an aromatic ring is 1. The molecule has 4 N–H and O–H groups in total. The first-order valence-electron chi connectivity index (χ1n) is 7.68. The molecule has 6 nitrogen and oxygen atoms in total. The van der Waals surface area contributed by atoms with Gasteiger partial charge in [-0.1, -0.05) is 6.07 Å². The maximum Gasteiger partial charge on any atom is 0.261 e. The van der Waals surface area contributed by atoms with E-state index in [0.29, 0.717) is 24.3 Å². The molecular formula is C18H20N2O4. The van der Waals surface area contributed by atoms with Crippen molar-refractivity contribution in [2.24, 2.45) is 0 Å². The molecule has 6 heteroatoms. The Morgan fingerprint density at radius 3 is 2.67 bits per heavy atom. The Bertz CT molecular complexity index is 817. The van der Waals surface area contributed by atoms with Crippen LogP contribution >= 0.6 is 0 Å². The van der Waals surface area contributed by atoms with Gasteiger partial charge in [-0.2, -0.15) is 0 Å². The zero-order valence-corrected chi connectivity index (χ0v) is 13.7. The van der Waals surface area contributed by atoms with Gasteiger partial charge in [0.2, 0.25) is 0 Å². The molecule has 0 aliphatic carbocycles. The van der Waals surface area contributed by atoms with E-state index in [1.165, 1.54) is 18.7 Å². The van der Waals surface area contributed by atoms with Crippen molar-refractivity contribution in [1.29, 1.82) is 0 Å². The molecule has 2 aromatic carbocycles. The van der Waals surface area contributed by atoms with Crippen LogP contribution in [0.3, 0.4) is 0 Å². The molecule has 3 rings (SSSR count). The number of rotatable bonds is 2. The first kappa shape index (κ1) is 16.0. The monoisotopic (exact) mass is 328 g/mol. The number of phenolic OH excluding ortho intramolecular Hbond substituents is 2. The third-order valence-corrected chi connectivity index (χ3v) is 4.43. The first-order valence-corrected chi connectivity index (χ1v) is 7.68. The summed E-state index contributed by atoms with van der Waals surface area (Å²) in [6, 6.07) is 6.87. The van der Waals surface area contributed by atoms with Gasteiger partial charge in [0.15, 0.2) is 0 Å². The van der Waals surface area contributed by atoms with Crippen molar-refractivity contribution in [2.75, 3.05) is 19.4 Å². The van der Waals surface area contributed by atoms with Gasteiger partial charge in [0.05, 0.1) is 7.11 Å². The smallest absolute Gasteiger partial charge is 0.261 e. The number of methoxy groups -OCH3 is 1. The number of amides is 1. The Morgan fingerprint density at radius 2 is 1.96 bits per heavy atom. The number of carbonyl (C=O) groups excluding carboxylic acids is 1. The number of fused-ring (bicyclic) bond motifs is 1. The third kappa shape index (κ3) is 2.60. The van der Waals surface area contributed by atoms with Crippen molar-refractivity contribution in [3.8, 4) is 17.2 Å². The maximum absolute atomic E-state index is 12.9. The minimum atomic E-state index is -0.333. The van der Waals surface area contributed by atoms with Crippen LogP contribution in [-0.4, -0.2) is 34.7 Å². The highest BCUT2D eigenvalue weighted by atomic mass is 16.5. The van der Waals surface area contributed by atoms with Crippen LogP contribution in [0.2, 0.25) is 0 Å². The fourth-order valence-corrected chi connectivity index (χ4v) is 3.10. The summed E-state index contributed by atoms with van der Waals surface area (Å²) in [7, 11) is 1.41. The topological polar surface area (TPSA) is 96.0 Å². The largest absolute Gasteiger partial charge is 0.507 e. The van der Waals surface area contributed by atoms with Gasteiger partial charge in [0, 0.05) is 30.4 Å². The van der Waals surface area contributed by atoms with Crippen LogP contribution in [0.25, 0.3) is 0 Å². The van der Waals surface area contributed by atoms with Crippen LogP contribution < -0.4 is 10.5 Å². The van der Waals surface area contributed by atoms with E-state index >= 15 is 0 Å². The molecular weight excluding hydrogens is 308 g/mol. The number of nitrogens with zero attached hydrogens (tertiary/aromatic N) is 1. The SMILES string of the molecule is COc1c(C)c(O)cc(O)c1C(=O)N1CCc2ccc(N)cc2C1. The minimum absolute atomic E-state index is 0.0696. The van der Waals surface area contributed by atoms with E-state index < -0.39 is 0 Å². The highest BCUT2D eigenvalue weighted by Gasteiger charge is 2.28. The Kier molecular flexibility index (Phi) is 3.97. The van der Waals surface area contributed by atoms with Gasteiger partial charge < -0.3 is 25.6 Å². The van der Waals surface area contributed by atoms with Gasteiger partial charge >= 0.3 is 0 Å². The molecule has 2 aromatic rings. The van der Waals surface area contributed by atoms with Crippen molar-refractivity contribution in [1.82, 2.24) is 4.90 Å². The van der Waals surface area contributed by atoms with Crippen LogP contribution in [-0.2, 0) is 13.0 Å². The van der Waals surface area contributed by atoms with Crippen molar-refractivity contribution in [3.05, 3.63) is 46.5 Å². The lowest BCUT2D eigenvalue weighted by molar-refractivity contribution is 0.0728. The summed E-state index contributed by atoms with van der Waals surface area (Å²) < 4.78 is 5.25. The van der Waals surface area contributed by atoms with E-state index in [4.69, 9.17) is 10.5 Å². The van der Waals surface area contributed by atoms with Gasteiger partial charge in [-0.3, -0.25) is 4.79 Å². The minimum Gasteiger partial charge on any atom is -0.507 e. The van der Waals surface area contributed by atoms with Crippen LogP contribution in [0.1, 0.15) is 27.0 Å². The summed E-state index contributed by atoms with van der Waals surface area (Å²) in [6.07, 6.45) is 0.724. The molecule has 0 fully saturated rings. The van der Waals surface area contributed by atoms with Crippen LogP contribution in [0.4, 0.5) is 5.69 Å². The lowest BCUT2D eigenvalue weighted by Crippen LogP contribution is -2.36. The summed E-state index contributed by atoms with van der Waals surface area (Å²) in [5.74, 6) is -0.549. The number of phenols is 2. The lowest BCUT2D eigenvalue weighted by atomic mass is 9.98. The first-order chi connectivity index (χ1) is 11.4. The molecule has 0 saturated carbocycles. The Labute approximate surface area is 140 Å². The molecule has 0 spiro atoms. The quantitative estimate of drug-likeness (QED) is 0.735. The second-order valence-corrected chi connectivity index (χ2v) is 5.95. The average Bonchev–Trinajstić information content (AvgIpc) is 2.56. The number of hydrogen-bond acceptors (Lipinski definition) is 5. The van der Waals surface area contributed by atoms with Gasteiger partial charge in [-0.25, -0.2) is 0 Å². The van der Waals surface area contributed by atoms with Crippen LogP contribution in [0.15, 0.2) is 24.3 Å². The fourth-order valence-electron chi connectivity index (χ4n) is 3.10. The lowest BCUT2D eigenvalue weighted by Gasteiger charge is -2.30. The number of aromatic hydroxyl groups is 2. The molecule has 0 radical (unpaired) electrons. The van der Waals surface area contributed by atoms with E-state index in [-0.39, 0.29) is 28.7 Å². The molecule has 0 aromatic heterocycles. The molecule has 126 valence electrons. The molecule has 1 aliphatic rings. The summed E-state index contributed by atoms with van der Waals surface area (Å²) in [5, 5.41) is 20.0. The van der Waals surface area contributed by atoms with Crippen molar-refractivity contribution >= 4 is 11.6 Å².